The van der Waals surface area contributed by atoms with Crippen molar-refractivity contribution in [3.63, 3.8) is 0 Å². The molecule has 0 bridgehead atoms. The van der Waals surface area contributed by atoms with Gasteiger partial charge in [0.25, 0.3) is 0 Å². The van der Waals surface area contributed by atoms with Gasteiger partial charge in [0.2, 0.25) is 5.91 Å². The summed E-state index contributed by atoms with van der Waals surface area (Å²) in [5.41, 5.74) is 1.92. The number of methoxy groups -OCH3 is 1. The number of aliphatic hydroxyl groups excluding tert-OH is 1. The molecule has 0 radical (unpaired) electrons. The van der Waals surface area contributed by atoms with Gasteiger partial charge in [-0.15, -0.1) is 0 Å². The van der Waals surface area contributed by atoms with Crippen LogP contribution in [0.25, 0.3) is 0 Å². The first-order valence-electron chi connectivity index (χ1n) is 7.12. The van der Waals surface area contributed by atoms with Crippen molar-refractivity contribution in [2.45, 2.75) is 18.9 Å². The number of carbonyl (C=O) groups is 1. The lowest BCUT2D eigenvalue weighted by Gasteiger charge is -2.18. The minimum atomic E-state index is -0.572. The van der Waals surface area contributed by atoms with Crippen molar-refractivity contribution in [2.24, 2.45) is 0 Å². The molecule has 1 atom stereocenters. The molecule has 0 aliphatic carbocycles. The second-order valence-electron chi connectivity index (χ2n) is 5.03. The summed E-state index contributed by atoms with van der Waals surface area (Å²) >= 11 is 0. The fraction of sp³-hybridized carbons (Fsp3) is 0.533. The quantitative estimate of drug-likeness (QED) is 0.610. The minimum absolute atomic E-state index is 0.0497. The summed E-state index contributed by atoms with van der Waals surface area (Å²) in [5, 5.41) is 15.7. The molecule has 1 aromatic carbocycles. The average Bonchev–Trinajstić information content (AvgIpc) is 2.49. The van der Waals surface area contributed by atoms with Crippen molar-refractivity contribution in [2.75, 3.05) is 38.7 Å². The zero-order chi connectivity index (χ0) is 15.1. The van der Waals surface area contributed by atoms with Gasteiger partial charge >= 0.3 is 0 Å². The van der Waals surface area contributed by atoms with Gasteiger partial charge < -0.3 is 25.2 Å². The van der Waals surface area contributed by atoms with Crippen LogP contribution < -0.4 is 15.4 Å². The molecule has 1 aliphatic heterocycles. The number of carbonyl (C=O) groups excluding carboxylic acids is 1. The Morgan fingerprint density at radius 1 is 1.43 bits per heavy atom. The third kappa shape index (κ3) is 5.00. The minimum Gasteiger partial charge on any atom is -0.491 e. The van der Waals surface area contributed by atoms with E-state index in [1.807, 2.05) is 12.1 Å². The molecule has 1 aliphatic rings. The summed E-state index contributed by atoms with van der Waals surface area (Å²) in [6, 6.07) is 5.56. The molecule has 116 valence electrons. The first kappa shape index (κ1) is 15.8. The van der Waals surface area contributed by atoms with Crippen molar-refractivity contribution < 1.29 is 19.4 Å². The van der Waals surface area contributed by atoms with Crippen molar-refractivity contribution in [1.82, 2.24) is 5.32 Å². The van der Waals surface area contributed by atoms with E-state index in [-0.39, 0.29) is 12.5 Å². The molecule has 3 N–H and O–H groups in total. The highest BCUT2D eigenvalue weighted by atomic mass is 16.5. The predicted molar refractivity (Wildman–Crippen MR) is 79.6 cm³/mol. The summed E-state index contributed by atoms with van der Waals surface area (Å²) in [6.07, 6.45) is 0.653. The van der Waals surface area contributed by atoms with Gasteiger partial charge in [0, 0.05) is 32.3 Å². The zero-order valence-electron chi connectivity index (χ0n) is 12.2. The van der Waals surface area contributed by atoms with Gasteiger partial charge in [0.1, 0.15) is 18.5 Å². The predicted octanol–water partition coefficient (Wildman–Crippen LogP) is 0.547. The molecule has 0 spiro atoms. The van der Waals surface area contributed by atoms with Gasteiger partial charge in [-0.2, -0.15) is 0 Å². The third-order valence-corrected chi connectivity index (χ3v) is 3.28. The second kappa shape index (κ2) is 7.97. The number of aliphatic hydroxyl groups is 1. The van der Waals surface area contributed by atoms with Crippen LogP contribution in [-0.4, -0.2) is 50.5 Å². The van der Waals surface area contributed by atoms with E-state index in [2.05, 4.69) is 10.6 Å². The van der Waals surface area contributed by atoms with E-state index in [0.717, 1.165) is 17.7 Å². The molecule has 0 fully saturated rings. The highest BCUT2D eigenvalue weighted by Gasteiger charge is 2.15. The van der Waals surface area contributed by atoms with Gasteiger partial charge in [-0.25, -0.2) is 0 Å². The Morgan fingerprint density at radius 2 is 2.29 bits per heavy atom. The molecule has 6 nitrogen and oxygen atoms in total. The maximum Gasteiger partial charge on any atom is 0.224 e. The summed E-state index contributed by atoms with van der Waals surface area (Å²) in [4.78, 5) is 11.3. The second-order valence-corrected chi connectivity index (χ2v) is 5.03. The van der Waals surface area contributed by atoms with E-state index >= 15 is 0 Å². The number of hydrogen-bond acceptors (Lipinski definition) is 5. The number of anilines is 1. The van der Waals surface area contributed by atoms with Crippen LogP contribution in [0.2, 0.25) is 0 Å². The highest BCUT2D eigenvalue weighted by molar-refractivity contribution is 5.93. The number of ether oxygens (including phenoxy) is 2. The highest BCUT2D eigenvalue weighted by Crippen LogP contribution is 2.26. The molecule has 1 unspecified atom stereocenters. The first-order chi connectivity index (χ1) is 10.2. The molecule has 2 rings (SSSR count). The number of fused-ring (bicyclic) bond motifs is 1. The number of amides is 1. The van der Waals surface area contributed by atoms with Gasteiger partial charge in [0.05, 0.1) is 6.61 Å². The summed E-state index contributed by atoms with van der Waals surface area (Å²) in [5.74, 6) is 0.759. The maximum atomic E-state index is 11.3. The van der Waals surface area contributed by atoms with Crippen LogP contribution in [0, 0.1) is 0 Å². The Bertz CT molecular complexity index is 479. The lowest BCUT2D eigenvalue weighted by Crippen LogP contribution is -2.33. The number of hydrogen-bond donors (Lipinski definition) is 3. The van der Waals surface area contributed by atoms with Crippen LogP contribution >= 0.6 is 0 Å². The van der Waals surface area contributed by atoms with Gasteiger partial charge in [-0.3, -0.25) is 4.79 Å². The summed E-state index contributed by atoms with van der Waals surface area (Å²) in [7, 11) is 1.64. The lowest BCUT2D eigenvalue weighted by molar-refractivity contribution is -0.116. The Labute approximate surface area is 124 Å². The number of aryl methyl sites for hydroxylation is 1. The number of nitrogens with one attached hydrogen (secondary N) is 2. The van der Waals surface area contributed by atoms with Crippen LogP contribution in [-0.2, 0) is 16.0 Å². The topological polar surface area (TPSA) is 79.8 Å². The fourth-order valence-electron chi connectivity index (χ4n) is 2.14. The Kier molecular flexibility index (Phi) is 5.98. The first-order valence-corrected chi connectivity index (χ1v) is 7.12. The molecule has 0 saturated carbocycles. The average molecular weight is 294 g/mol. The fourth-order valence-corrected chi connectivity index (χ4v) is 2.14. The number of benzene rings is 1. The molecule has 1 aromatic rings. The molecular weight excluding hydrogens is 272 g/mol. The summed E-state index contributed by atoms with van der Waals surface area (Å²) in [6.45, 7) is 2.01. The van der Waals surface area contributed by atoms with Gasteiger partial charge in [-0.1, -0.05) is 0 Å². The smallest absolute Gasteiger partial charge is 0.224 e. The monoisotopic (exact) mass is 294 g/mol. The van der Waals surface area contributed by atoms with Gasteiger partial charge in [-0.05, 0) is 30.2 Å². The molecule has 6 heteroatoms. The molecule has 0 aromatic heterocycles. The van der Waals surface area contributed by atoms with Gasteiger partial charge in [0.15, 0.2) is 0 Å². The standard InChI is InChI=1S/C15H22N2O4/c1-20-7-6-16-9-12(18)10-21-13-3-4-14-11(8-13)2-5-15(19)17-14/h3-4,8,12,16,18H,2,5-7,9-10H2,1H3,(H,17,19). The Hall–Kier alpha value is -1.63. The Morgan fingerprint density at radius 3 is 3.10 bits per heavy atom. The molecular formula is C15H22N2O4. The van der Waals surface area contributed by atoms with Crippen molar-refractivity contribution in [3.05, 3.63) is 23.8 Å². The van der Waals surface area contributed by atoms with Crippen LogP contribution in [0.1, 0.15) is 12.0 Å². The van der Waals surface area contributed by atoms with Crippen LogP contribution in [0.15, 0.2) is 18.2 Å². The SMILES string of the molecule is COCCNCC(O)COc1ccc2c(c1)CCC(=O)N2. The van der Waals surface area contributed by atoms with E-state index in [9.17, 15) is 9.90 Å². The maximum absolute atomic E-state index is 11.3. The van der Waals surface area contributed by atoms with Crippen LogP contribution in [0.3, 0.4) is 0 Å². The molecule has 1 heterocycles. The number of rotatable bonds is 8. The lowest BCUT2D eigenvalue weighted by atomic mass is 10.0. The largest absolute Gasteiger partial charge is 0.491 e. The normalized spacial score (nSPS) is 15.2. The van der Waals surface area contributed by atoms with Crippen molar-refractivity contribution >= 4 is 11.6 Å². The third-order valence-electron chi connectivity index (χ3n) is 3.28. The van der Waals surface area contributed by atoms with E-state index < -0.39 is 6.10 Å². The van der Waals surface area contributed by atoms with Crippen LogP contribution in [0.5, 0.6) is 5.75 Å². The molecule has 0 saturated heterocycles. The van der Waals surface area contributed by atoms with Crippen molar-refractivity contribution in [3.8, 4) is 5.75 Å². The van der Waals surface area contributed by atoms with Crippen molar-refractivity contribution in [1.29, 1.82) is 0 Å². The Balaban J connectivity index is 1.77. The van der Waals surface area contributed by atoms with E-state index in [1.54, 1.807) is 13.2 Å². The van der Waals surface area contributed by atoms with E-state index in [0.29, 0.717) is 31.9 Å². The molecule has 21 heavy (non-hydrogen) atoms. The van der Waals surface area contributed by atoms with Crippen LogP contribution in [0.4, 0.5) is 5.69 Å². The van der Waals surface area contributed by atoms with E-state index in [4.69, 9.17) is 9.47 Å². The van der Waals surface area contributed by atoms with E-state index in [1.165, 1.54) is 0 Å². The summed E-state index contributed by atoms with van der Waals surface area (Å²) < 4.78 is 10.5. The molecule has 1 amide bonds. The zero-order valence-corrected chi connectivity index (χ0v) is 12.2.